The van der Waals surface area contributed by atoms with Gasteiger partial charge in [-0.3, -0.25) is 4.79 Å². The van der Waals surface area contributed by atoms with Crippen molar-refractivity contribution < 1.29 is 17.9 Å². The van der Waals surface area contributed by atoms with Crippen molar-refractivity contribution in [3.8, 4) is 0 Å². The minimum absolute atomic E-state index is 0.0813. The summed E-state index contributed by atoms with van der Waals surface area (Å²) in [5.74, 6) is -0.650. The lowest BCUT2D eigenvalue weighted by Gasteiger charge is -2.15. The van der Waals surface area contributed by atoms with E-state index >= 15 is 0 Å². The molecule has 0 aromatic heterocycles. The molecule has 2 N–H and O–H groups in total. The van der Waals surface area contributed by atoms with Crippen LogP contribution in [0.15, 0.2) is 0 Å². The highest BCUT2D eigenvalue weighted by molar-refractivity contribution is 7.92. The van der Waals surface area contributed by atoms with Crippen LogP contribution in [0.5, 0.6) is 0 Å². The summed E-state index contributed by atoms with van der Waals surface area (Å²) in [6.45, 7) is 0. The van der Waals surface area contributed by atoms with Gasteiger partial charge in [-0.2, -0.15) is 0 Å². The Kier molecular flexibility index (Phi) is 4.10. The van der Waals surface area contributed by atoms with Crippen LogP contribution in [-0.2, 0) is 19.4 Å². The predicted octanol–water partition coefficient (Wildman–Crippen LogP) is -0.156. The third-order valence-corrected chi connectivity index (χ3v) is 5.06. The molecule has 2 unspecified atom stereocenters. The zero-order valence-electron chi connectivity index (χ0n) is 8.81. The number of esters is 1. The second kappa shape index (κ2) is 4.94. The van der Waals surface area contributed by atoms with Crippen LogP contribution in [-0.4, -0.2) is 38.5 Å². The molecule has 0 radical (unpaired) electrons. The van der Waals surface area contributed by atoms with Gasteiger partial charge in [0.1, 0.15) is 0 Å². The molecule has 1 aliphatic carbocycles. The average molecular weight is 235 g/mol. The predicted molar refractivity (Wildman–Crippen MR) is 56.0 cm³/mol. The monoisotopic (exact) mass is 235 g/mol. The number of hydrogen-bond donors (Lipinski definition) is 1. The molecule has 1 aliphatic rings. The van der Waals surface area contributed by atoms with Gasteiger partial charge < -0.3 is 10.5 Å². The highest BCUT2D eigenvalue weighted by Crippen LogP contribution is 2.24. The number of ether oxygens (including phenoxy) is 1. The fraction of sp³-hybridized carbons (Fsp3) is 0.889. The van der Waals surface area contributed by atoms with Crippen LogP contribution in [0.1, 0.15) is 25.7 Å². The summed E-state index contributed by atoms with van der Waals surface area (Å²) in [6, 6.07) is -0.271. The first-order valence-electron chi connectivity index (χ1n) is 5.01. The topological polar surface area (TPSA) is 86.5 Å². The van der Waals surface area contributed by atoms with Gasteiger partial charge in [0.25, 0.3) is 0 Å². The Balaban J connectivity index is 2.55. The largest absolute Gasteiger partial charge is 0.469 e. The summed E-state index contributed by atoms with van der Waals surface area (Å²) in [6.07, 6.45) is 2.14. The SMILES string of the molecule is COC(=O)CCS(=O)(=O)C1CCCC1N. The van der Waals surface area contributed by atoms with E-state index in [1.807, 2.05) is 0 Å². The molecular weight excluding hydrogens is 218 g/mol. The van der Waals surface area contributed by atoms with Crippen LogP contribution in [0.25, 0.3) is 0 Å². The molecule has 5 nitrogen and oxygen atoms in total. The molecular formula is C9H17NO4S. The molecule has 0 amide bonds. The van der Waals surface area contributed by atoms with Gasteiger partial charge in [-0.15, -0.1) is 0 Å². The Morgan fingerprint density at radius 3 is 2.60 bits per heavy atom. The summed E-state index contributed by atoms with van der Waals surface area (Å²) < 4.78 is 28.0. The van der Waals surface area contributed by atoms with Gasteiger partial charge in [-0.1, -0.05) is 6.42 Å². The van der Waals surface area contributed by atoms with Crippen LogP contribution in [0, 0.1) is 0 Å². The van der Waals surface area contributed by atoms with Gasteiger partial charge in [0.2, 0.25) is 0 Å². The van der Waals surface area contributed by atoms with E-state index in [-0.39, 0.29) is 18.2 Å². The highest BCUT2D eigenvalue weighted by Gasteiger charge is 2.35. The summed E-state index contributed by atoms with van der Waals surface area (Å²) in [7, 11) is -1.99. The number of hydrogen-bond acceptors (Lipinski definition) is 5. The molecule has 1 saturated carbocycles. The fourth-order valence-corrected chi connectivity index (χ4v) is 3.83. The summed E-state index contributed by atoms with van der Waals surface area (Å²) in [5.41, 5.74) is 5.71. The van der Waals surface area contributed by atoms with Crippen molar-refractivity contribution in [2.75, 3.05) is 12.9 Å². The van der Waals surface area contributed by atoms with Crippen LogP contribution in [0.4, 0.5) is 0 Å². The van der Waals surface area contributed by atoms with Gasteiger partial charge in [0, 0.05) is 6.04 Å². The lowest BCUT2D eigenvalue weighted by Crippen LogP contribution is -2.37. The van der Waals surface area contributed by atoms with Crippen LogP contribution < -0.4 is 5.73 Å². The number of methoxy groups -OCH3 is 1. The molecule has 0 saturated heterocycles. The van der Waals surface area contributed by atoms with Crippen molar-refractivity contribution in [1.82, 2.24) is 0 Å². The maximum absolute atomic E-state index is 11.8. The van der Waals surface area contributed by atoms with E-state index in [1.165, 1.54) is 7.11 Å². The second-order valence-electron chi connectivity index (χ2n) is 3.83. The van der Waals surface area contributed by atoms with Gasteiger partial charge in [-0.25, -0.2) is 8.42 Å². The molecule has 0 aromatic carbocycles. The number of sulfone groups is 1. The van der Waals surface area contributed by atoms with E-state index in [4.69, 9.17) is 5.73 Å². The van der Waals surface area contributed by atoms with E-state index in [0.29, 0.717) is 6.42 Å². The standard InChI is InChI=1S/C9H17NO4S/c1-14-9(11)5-6-15(12,13)8-4-2-3-7(8)10/h7-8H,2-6,10H2,1H3. The summed E-state index contributed by atoms with van der Waals surface area (Å²) in [5, 5.41) is -0.470. The van der Waals surface area contributed by atoms with Crippen molar-refractivity contribution in [3.05, 3.63) is 0 Å². The Bertz CT molecular complexity index is 325. The van der Waals surface area contributed by atoms with E-state index in [1.54, 1.807) is 0 Å². The Hall–Kier alpha value is -0.620. The van der Waals surface area contributed by atoms with Gasteiger partial charge in [-0.05, 0) is 12.8 Å². The van der Waals surface area contributed by atoms with Crippen LogP contribution in [0.2, 0.25) is 0 Å². The first-order chi connectivity index (χ1) is 6.97. The Morgan fingerprint density at radius 1 is 1.47 bits per heavy atom. The first-order valence-corrected chi connectivity index (χ1v) is 6.73. The average Bonchev–Trinajstić information content (AvgIpc) is 2.61. The smallest absolute Gasteiger partial charge is 0.306 e. The normalized spacial score (nSPS) is 26.5. The lowest BCUT2D eigenvalue weighted by atomic mass is 10.3. The number of carbonyl (C=O) groups is 1. The van der Waals surface area contributed by atoms with Crippen LogP contribution >= 0.6 is 0 Å². The molecule has 15 heavy (non-hydrogen) atoms. The van der Waals surface area contributed by atoms with E-state index in [2.05, 4.69) is 4.74 Å². The zero-order valence-corrected chi connectivity index (χ0v) is 9.63. The molecule has 0 spiro atoms. The molecule has 2 atom stereocenters. The lowest BCUT2D eigenvalue weighted by molar-refractivity contribution is -0.140. The van der Waals surface area contributed by atoms with Crippen molar-refractivity contribution in [2.24, 2.45) is 5.73 Å². The van der Waals surface area contributed by atoms with Gasteiger partial charge >= 0.3 is 5.97 Å². The molecule has 0 bridgehead atoms. The highest BCUT2D eigenvalue weighted by atomic mass is 32.2. The quantitative estimate of drug-likeness (QED) is 0.684. The molecule has 0 aromatic rings. The fourth-order valence-electron chi connectivity index (χ4n) is 1.88. The molecule has 1 rings (SSSR count). The summed E-state index contributed by atoms with van der Waals surface area (Å²) in [4.78, 5) is 10.8. The van der Waals surface area contributed by atoms with Crippen molar-refractivity contribution in [1.29, 1.82) is 0 Å². The zero-order chi connectivity index (χ0) is 11.5. The second-order valence-corrected chi connectivity index (χ2v) is 6.17. The number of rotatable bonds is 4. The maximum atomic E-state index is 11.8. The first kappa shape index (κ1) is 12.4. The molecule has 0 heterocycles. The van der Waals surface area contributed by atoms with E-state index < -0.39 is 21.1 Å². The Labute approximate surface area is 89.9 Å². The minimum atomic E-state index is -3.24. The molecule has 0 aliphatic heterocycles. The van der Waals surface area contributed by atoms with Gasteiger partial charge in [0.05, 0.1) is 24.5 Å². The van der Waals surface area contributed by atoms with Crippen molar-refractivity contribution in [3.63, 3.8) is 0 Å². The molecule has 6 heteroatoms. The van der Waals surface area contributed by atoms with Crippen molar-refractivity contribution >= 4 is 15.8 Å². The minimum Gasteiger partial charge on any atom is -0.469 e. The maximum Gasteiger partial charge on any atom is 0.306 e. The van der Waals surface area contributed by atoms with Crippen LogP contribution in [0.3, 0.4) is 0 Å². The van der Waals surface area contributed by atoms with E-state index in [9.17, 15) is 13.2 Å². The third-order valence-electron chi connectivity index (χ3n) is 2.78. The number of carbonyl (C=O) groups excluding carboxylic acids is 1. The van der Waals surface area contributed by atoms with Crippen molar-refractivity contribution in [2.45, 2.75) is 37.0 Å². The molecule has 88 valence electrons. The molecule has 1 fully saturated rings. The third kappa shape index (κ3) is 3.17. The number of nitrogens with two attached hydrogens (primary N) is 1. The summed E-state index contributed by atoms with van der Waals surface area (Å²) >= 11 is 0. The van der Waals surface area contributed by atoms with Gasteiger partial charge in [0.15, 0.2) is 9.84 Å². The Morgan fingerprint density at radius 2 is 2.13 bits per heavy atom. The van der Waals surface area contributed by atoms with E-state index in [0.717, 1.165) is 12.8 Å².